The molecule has 0 spiro atoms. The van der Waals surface area contributed by atoms with Gasteiger partial charge in [-0.25, -0.2) is 4.98 Å². The Morgan fingerprint density at radius 2 is 1.77 bits per heavy atom. The highest BCUT2D eigenvalue weighted by Gasteiger charge is 2.15. The SMILES string of the molecule is COCc1cc(-c2nc(-c3ccc(N(C)C)nc3)no2)ccc1-c1ccccc1C. The van der Waals surface area contributed by atoms with Crippen LogP contribution in [0.3, 0.4) is 0 Å². The fourth-order valence-corrected chi connectivity index (χ4v) is 3.38. The maximum absolute atomic E-state index is 5.55. The largest absolute Gasteiger partial charge is 0.380 e. The van der Waals surface area contributed by atoms with E-state index in [1.54, 1.807) is 13.3 Å². The molecule has 0 aliphatic heterocycles. The summed E-state index contributed by atoms with van der Waals surface area (Å²) in [5.74, 6) is 1.85. The Balaban J connectivity index is 1.68. The molecular weight excluding hydrogens is 376 g/mol. The van der Waals surface area contributed by atoms with E-state index in [4.69, 9.17) is 9.26 Å². The highest BCUT2D eigenvalue weighted by molar-refractivity contribution is 5.74. The second-order valence-electron chi connectivity index (χ2n) is 7.34. The summed E-state index contributed by atoms with van der Waals surface area (Å²) in [6, 6.07) is 18.3. The zero-order valence-electron chi connectivity index (χ0n) is 17.6. The predicted molar refractivity (Wildman–Crippen MR) is 118 cm³/mol. The Kier molecular flexibility index (Phi) is 5.59. The number of pyridine rings is 1. The van der Waals surface area contributed by atoms with E-state index in [2.05, 4.69) is 46.3 Å². The average Bonchev–Trinajstić information content (AvgIpc) is 3.25. The zero-order valence-corrected chi connectivity index (χ0v) is 17.6. The number of ether oxygens (including phenoxy) is 1. The van der Waals surface area contributed by atoms with Crippen LogP contribution in [-0.2, 0) is 11.3 Å². The highest BCUT2D eigenvalue weighted by atomic mass is 16.5. The van der Waals surface area contributed by atoms with Crippen LogP contribution in [-0.4, -0.2) is 36.3 Å². The third-order valence-corrected chi connectivity index (χ3v) is 4.98. The lowest BCUT2D eigenvalue weighted by atomic mass is 9.94. The standard InChI is InChI=1S/C24H24N4O2/c1-16-7-5-6-8-20(16)21-11-9-17(13-19(21)15-29-4)24-26-23(27-30-24)18-10-12-22(25-14-18)28(2)3/h5-14H,15H2,1-4H3. The normalized spacial score (nSPS) is 10.9. The van der Waals surface area contributed by atoms with E-state index < -0.39 is 0 Å². The maximum Gasteiger partial charge on any atom is 0.258 e. The van der Waals surface area contributed by atoms with Gasteiger partial charge < -0.3 is 14.2 Å². The summed E-state index contributed by atoms with van der Waals surface area (Å²) in [7, 11) is 5.60. The predicted octanol–water partition coefficient (Wildman–Crippen LogP) is 4.99. The first-order valence-electron chi connectivity index (χ1n) is 9.72. The van der Waals surface area contributed by atoms with Gasteiger partial charge in [-0.1, -0.05) is 35.5 Å². The van der Waals surface area contributed by atoms with Crippen LogP contribution in [0.4, 0.5) is 5.82 Å². The van der Waals surface area contributed by atoms with Crippen molar-refractivity contribution in [2.75, 3.05) is 26.1 Å². The third kappa shape index (κ3) is 3.95. The van der Waals surface area contributed by atoms with Crippen molar-refractivity contribution in [2.24, 2.45) is 0 Å². The Morgan fingerprint density at radius 1 is 0.967 bits per heavy atom. The van der Waals surface area contributed by atoms with Crippen LogP contribution >= 0.6 is 0 Å². The maximum atomic E-state index is 5.55. The number of aromatic nitrogens is 3. The molecule has 2 heterocycles. The van der Waals surface area contributed by atoms with Crippen molar-refractivity contribution in [2.45, 2.75) is 13.5 Å². The average molecular weight is 400 g/mol. The lowest BCUT2D eigenvalue weighted by Gasteiger charge is -2.12. The summed E-state index contributed by atoms with van der Waals surface area (Å²) < 4.78 is 11.0. The molecule has 152 valence electrons. The molecule has 4 aromatic rings. The minimum absolute atomic E-state index is 0.468. The van der Waals surface area contributed by atoms with Gasteiger partial charge in [-0.3, -0.25) is 0 Å². The fourth-order valence-electron chi connectivity index (χ4n) is 3.38. The minimum Gasteiger partial charge on any atom is -0.380 e. The molecule has 4 rings (SSSR count). The molecule has 0 unspecified atom stereocenters. The molecule has 0 saturated heterocycles. The number of anilines is 1. The molecule has 6 nitrogen and oxygen atoms in total. The van der Waals surface area contributed by atoms with Crippen molar-refractivity contribution >= 4 is 5.82 Å². The van der Waals surface area contributed by atoms with Gasteiger partial charge in [-0.2, -0.15) is 4.98 Å². The summed E-state index contributed by atoms with van der Waals surface area (Å²) in [5, 5.41) is 4.14. The first-order valence-corrected chi connectivity index (χ1v) is 9.72. The molecule has 0 atom stereocenters. The molecule has 0 saturated carbocycles. The fraction of sp³-hybridized carbons (Fsp3) is 0.208. The van der Waals surface area contributed by atoms with Gasteiger partial charge in [0.15, 0.2) is 0 Å². The van der Waals surface area contributed by atoms with E-state index in [1.807, 2.05) is 49.3 Å². The Morgan fingerprint density at radius 3 is 2.47 bits per heavy atom. The monoisotopic (exact) mass is 400 g/mol. The van der Waals surface area contributed by atoms with Gasteiger partial charge >= 0.3 is 0 Å². The number of aryl methyl sites for hydroxylation is 1. The molecule has 2 aromatic carbocycles. The number of benzene rings is 2. The minimum atomic E-state index is 0.468. The smallest absolute Gasteiger partial charge is 0.258 e. The van der Waals surface area contributed by atoms with Crippen LogP contribution in [0, 0.1) is 6.92 Å². The zero-order chi connectivity index (χ0) is 21.1. The van der Waals surface area contributed by atoms with Crippen molar-refractivity contribution in [3.05, 3.63) is 71.9 Å². The van der Waals surface area contributed by atoms with Gasteiger partial charge in [0, 0.05) is 38.5 Å². The molecule has 0 aliphatic carbocycles. The highest BCUT2D eigenvalue weighted by Crippen LogP contribution is 2.31. The van der Waals surface area contributed by atoms with Crippen LogP contribution < -0.4 is 4.90 Å². The van der Waals surface area contributed by atoms with Crippen LogP contribution in [0.2, 0.25) is 0 Å². The number of hydrogen-bond donors (Lipinski definition) is 0. The van der Waals surface area contributed by atoms with Gasteiger partial charge in [0.05, 0.1) is 6.61 Å². The summed E-state index contributed by atoms with van der Waals surface area (Å²) in [6.45, 7) is 2.61. The van der Waals surface area contributed by atoms with Gasteiger partial charge in [-0.15, -0.1) is 0 Å². The van der Waals surface area contributed by atoms with Crippen molar-refractivity contribution in [3.8, 4) is 34.0 Å². The quantitative estimate of drug-likeness (QED) is 0.454. The Labute approximate surface area is 176 Å². The number of methoxy groups -OCH3 is 1. The van der Waals surface area contributed by atoms with Crippen LogP contribution in [0.1, 0.15) is 11.1 Å². The van der Waals surface area contributed by atoms with E-state index in [-0.39, 0.29) is 0 Å². The van der Waals surface area contributed by atoms with Gasteiger partial charge in [0.25, 0.3) is 5.89 Å². The van der Waals surface area contributed by atoms with Gasteiger partial charge in [0.1, 0.15) is 5.82 Å². The summed E-state index contributed by atoms with van der Waals surface area (Å²) in [6.07, 6.45) is 1.75. The topological polar surface area (TPSA) is 64.3 Å². The molecule has 0 radical (unpaired) electrons. The van der Waals surface area contributed by atoms with Crippen molar-refractivity contribution in [1.82, 2.24) is 15.1 Å². The molecular formula is C24H24N4O2. The molecule has 0 bridgehead atoms. The molecule has 0 N–H and O–H groups in total. The number of nitrogens with zero attached hydrogens (tertiary/aromatic N) is 4. The van der Waals surface area contributed by atoms with E-state index in [9.17, 15) is 0 Å². The second kappa shape index (κ2) is 8.47. The molecule has 2 aromatic heterocycles. The molecule has 0 amide bonds. The van der Waals surface area contributed by atoms with Crippen LogP contribution in [0.25, 0.3) is 34.0 Å². The Hall–Kier alpha value is -3.51. The molecule has 0 aliphatic rings. The van der Waals surface area contributed by atoms with Crippen molar-refractivity contribution in [1.29, 1.82) is 0 Å². The second-order valence-corrected chi connectivity index (χ2v) is 7.34. The van der Waals surface area contributed by atoms with Gasteiger partial charge in [-0.05, 0) is 53.4 Å². The summed E-state index contributed by atoms with van der Waals surface area (Å²) in [5.41, 5.74) is 6.29. The molecule has 6 heteroatoms. The molecule has 30 heavy (non-hydrogen) atoms. The number of hydrogen-bond acceptors (Lipinski definition) is 6. The Bertz CT molecular complexity index is 1150. The van der Waals surface area contributed by atoms with E-state index in [0.29, 0.717) is 18.3 Å². The van der Waals surface area contributed by atoms with Crippen LogP contribution in [0.5, 0.6) is 0 Å². The van der Waals surface area contributed by atoms with E-state index >= 15 is 0 Å². The van der Waals surface area contributed by atoms with Gasteiger partial charge in [0.2, 0.25) is 5.82 Å². The first-order chi connectivity index (χ1) is 14.6. The summed E-state index contributed by atoms with van der Waals surface area (Å²) in [4.78, 5) is 10.9. The lowest BCUT2D eigenvalue weighted by Crippen LogP contribution is -2.10. The van der Waals surface area contributed by atoms with Crippen molar-refractivity contribution in [3.63, 3.8) is 0 Å². The third-order valence-electron chi connectivity index (χ3n) is 4.98. The molecule has 0 fully saturated rings. The summed E-state index contributed by atoms with van der Waals surface area (Å²) >= 11 is 0. The van der Waals surface area contributed by atoms with Crippen molar-refractivity contribution < 1.29 is 9.26 Å². The van der Waals surface area contributed by atoms with E-state index in [1.165, 1.54) is 11.1 Å². The lowest BCUT2D eigenvalue weighted by molar-refractivity contribution is 0.185. The van der Waals surface area contributed by atoms with Crippen LogP contribution in [0.15, 0.2) is 65.3 Å². The first kappa shape index (κ1) is 19.8. The number of rotatable bonds is 6. The van der Waals surface area contributed by atoms with E-state index in [0.717, 1.165) is 28.1 Å².